The molecule has 3 rings (SSSR count). The fraction of sp³-hybridized carbons (Fsp3) is 0.200. The first kappa shape index (κ1) is 10.4. The second-order valence-corrected chi connectivity index (χ2v) is 4.34. The van der Waals surface area contributed by atoms with Crippen molar-refractivity contribution in [1.29, 1.82) is 0 Å². The highest BCUT2D eigenvalue weighted by Crippen LogP contribution is 2.31. The molecule has 1 aromatic heterocycles. The monoisotopic (exact) mass is 225 g/mol. The summed E-state index contributed by atoms with van der Waals surface area (Å²) in [6.07, 6.45) is 0. The lowest BCUT2D eigenvalue weighted by Gasteiger charge is -1.97. The maximum atomic E-state index is 5.99. The van der Waals surface area contributed by atoms with Gasteiger partial charge in [0.1, 0.15) is 11.3 Å². The van der Waals surface area contributed by atoms with Crippen LogP contribution in [0.25, 0.3) is 21.7 Å². The molecule has 0 spiro atoms. The third kappa shape index (κ3) is 1.53. The van der Waals surface area contributed by atoms with Gasteiger partial charge in [-0.15, -0.1) is 0 Å². The van der Waals surface area contributed by atoms with Crippen LogP contribution in [0, 0.1) is 6.92 Å². The van der Waals surface area contributed by atoms with Crippen LogP contribution in [0.15, 0.2) is 40.8 Å². The highest BCUT2D eigenvalue weighted by molar-refractivity contribution is 6.05. The van der Waals surface area contributed by atoms with Gasteiger partial charge in [0.15, 0.2) is 0 Å². The summed E-state index contributed by atoms with van der Waals surface area (Å²) in [5.41, 5.74) is 2.24. The summed E-state index contributed by atoms with van der Waals surface area (Å²) in [5.74, 6) is 1.03. The first-order valence-corrected chi connectivity index (χ1v) is 5.85. The lowest BCUT2D eigenvalue weighted by atomic mass is 10.1. The van der Waals surface area contributed by atoms with E-state index in [1.165, 1.54) is 21.7 Å². The molecule has 0 unspecified atom stereocenters. The number of hydrogen-bond acceptors (Lipinski definition) is 2. The first-order chi connectivity index (χ1) is 8.31. The molecule has 2 nitrogen and oxygen atoms in total. The smallest absolute Gasteiger partial charge is 0.142 e. The number of furan rings is 1. The summed E-state index contributed by atoms with van der Waals surface area (Å²) in [6.45, 7) is 2.89. The number of aryl methyl sites for hydroxylation is 1. The van der Waals surface area contributed by atoms with Gasteiger partial charge in [-0.3, -0.25) is 0 Å². The predicted molar refractivity (Wildman–Crippen MR) is 71.2 cm³/mol. The number of nitrogens with one attached hydrogen (secondary N) is 1. The molecule has 0 aliphatic heterocycles. The molecule has 0 saturated carbocycles. The maximum Gasteiger partial charge on any atom is 0.142 e. The van der Waals surface area contributed by atoms with Crippen molar-refractivity contribution in [3.8, 4) is 0 Å². The van der Waals surface area contributed by atoms with E-state index in [-0.39, 0.29) is 0 Å². The van der Waals surface area contributed by atoms with Crippen LogP contribution >= 0.6 is 0 Å². The lowest BCUT2D eigenvalue weighted by molar-refractivity contribution is 0.529. The molecule has 0 saturated heterocycles. The van der Waals surface area contributed by atoms with E-state index in [0.717, 1.165) is 17.9 Å². The predicted octanol–water partition coefficient (Wildman–Crippen LogP) is 3.61. The van der Waals surface area contributed by atoms with E-state index in [0.29, 0.717) is 0 Å². The zero-order chi connectivity index (χ0) is 11.8. The SMILES string of the molecule is CNCc1oc2c(ccc3ccccc32)c1C. The van der Waals surface area contributed by atoms with Crippen LogP contribution in [0.4, 0.5) is 0 Å². The van der Waals surface area contributed by atoms with Gasteiger partial charge in [0.05, 0.1) is 6.54 Å². The van der Waals surface area contributed by atoms with E-state index < -0.39 is 0 Å². The van der Waals surface area contributed by atoms with Gasteiger partial charge >= 0.3 is 0 Å². The molecule has 0 aliphatic carbocycles. The second kappa shape index (κ2) is 3.90. The van der Waals surface area contributed by atoms with Gasteiger partial charge in [-0.25, -0.2) is 0 Å². The van der Waals surface area contributed by atoms with Gasteiger partial charge < -0.3 is 9.73 Å². The summed E-state index contributed by atoms with van der Waals surface area (Å²) in [5, 5.41) is 6.77. The summed E-state index contributed by atoms with van der Waals surface area (Å²) >= 11 is 0. The minimum atomic E-state index is 0.773. The third-order valence-corrected chi connectivity index (χ3v) is 3.26. The average molecular weight is 225 g/mol. The zero-order valence-corrected chi connectivity index (χ0v) is 10.1. The van der Waals surface area contributed by atoms with E-state index in [4.69, 9.17) is 4.42 Å². The van der Waals surface area contributed by atoms with Gasteiger partial charge in [-0.1, -0.05) is 36.4 Å². The highest BCUT2D eigenvalue weighted by Gasteiger charge is 2.11. The van der Waals surface area contributed by atoms with Gasteiger partial charge in [0.2, 0.25) is 0 Å². The van der Waals surface area contributed by atoms with Crippen molar-refractivity contribution in [1.82, 2.24) is 5.32 Å². The summed E-state index contributed by atoms with van der Waals surface area (Å²) in [7, 11) is 1.94. The van der Waals surface area contributed by atoms with Gasteiger partial charge in [0.25, 0.3) is 0 Å². The van der Waals surface area contributed by atoms with Crippen molar-refractivity contribution in [2.24, 2.45) is 0 Å². The lowest BCUT2D eigenvalue weighted by Crippen LogP contribution is -2.04. The first-order valence-electron chi connectivity index (χ1n) is 5.85. The molecule has 0 fully saturated rings. The molecule has 1 heterocycles. The molecular formula is C15H15NO. The quantitative estimate of drug-likeness (QED) is 0.720. The van der Waals surface area contributed by atoms with E-state index >= 15 is 0 Å². The van der Waals surface area contributed by atoms with E-state index in [9.17, 15) is 0 Å². The fourth-order valence-electron chi connectivity index (χ4n) is 2.33. The van der Waals surface area contributed by atoms with Gasteiger partial charge in [0, 0.05) is 10.8 Å². The zero-order valence-electron chi connectivity index (χ0n) is 10.1. The molecular weight excluding hydrogens is 210 g/mol. The van der Waals surface area contributed by atoms with E-state index in [1.54, 1.807) is 0 Å². The molecule has 17 heavy (non-hydrogen) atoms. The summed E-state index contributed by atoms with van der Waals surface area (Å²) in [4.78, 5) is 0. The highest BCUT2D eigenvalue weighted by atomic mass is 16.3. The van der Waals surface area contributed by atoms with Crippen LogP contribution in [0.5, 0.6) is 0 Å². The summed E-state index contributed by atoms with van der Waals surface area (Å²) < 4.78 is 5.99. The van der Waals surface area contributed by atoms with Crippen molar-refractivity contribution in [3.63, 3.8) is 0 Å². The third-order valence-electron chi connectivity index (χ3n) is 3.26. The van der Waals surface area contributed by atoms with Crippen molar-refractivity contribution in [3.05, 3.63) is 47.7 Å². The molecule has 86 valence electrons. The van der Waals surface area contributed by atoms with Crippen molar-refractivity contribution < 1.29 is 4.42 Å². The topological polar surface area (TPSA) is 25.2 Å². The Morgan fingerprint density at radius 3 is 2.71 bits per heavy atom. The standard InChI is InChI=1S/C15H15NO/c1-10-12-8-7-11-5-3-4-6-13(11)15(12)17-14(10)9-16-2/h3-8,16H,9H2,1-2H3. The molecule has 3 aromatic rings. The molecule has 2 heteroatoms. The molecule has 1 N–H and O–H groups in total. The van der Waals surface area contributed by atoms with Crippen molar-refractivity contribution in [2.75, 3.05) is 7.05 Å². The average Bonchev–Trinajstić information content (AvgIpc) is 2.68. The van der Waals surface area contributed by atoms with E-state index in [1.807, 2.05) is 7.05 Å². The Hall–Kier alpha value is -1.80. The Kier molecular flexibility index (Phi) is 2.37. The van der Waals surface area contributed by atoms with Crippen LogP contribution < -0.4 is 5.32 Å². The van der Waals surface area contributed by atoms with Crippen LogP contribution in [-0.4, -0.2) is 7.05 Å². The van der Waals surface area contributed by atoms with Gasteiger partial charge in [-0.05, 0) is 24.9 Å². The normalized spacial score (nSPS) is 11.4. The molecule has 0 atom stereocenters. The van der Waals surface area contributed by atoms with Crippen LogP contribution in [0.2, 0.25) is 0 Å². The minimum Gasteiger partial charge on any atom is -0.459 e. The van der Waals surface area contributed by atoms with Gasteiger partial charge in [-0.2, -0.15) is 0 Å². The second-order valence-electron chi connectivity index (χ2n) is 4.34. The Balaban J connectivity index is 2.39. The Morgan fingerprint density at radius 2 is 1.88 bits per heavy atom. The van der Waals surface area contributed by atoms with Crippen LogP contribution in [0.1, 0.15) is 11.3 Å². The number of benzene rings is 2. The van der Waals surface area contributed by atoms with Crippen LogP contribution in [-0.2, 0) is 6.54 Å². The fourth-order valence-corrected chi connectivity index (χ4v) is 2.33. The van der Waals surface area contributed by atoms with Crippen molar-refractivity contribution >= 4 is 21.7 Å². The molecule has 0 bridgehead atoms. The molecule has 2 aromatic carbocycles. The Morgan fingerprint density at radius 1 is 1.06 bits per heavy atom. The number of rotatable bonds is 2. The minimum absolute atomic E-state index is 0.773. The van der Waals surface area contributed by atoms with E-state index in [2.05, 4.69) is 48.6 Å². The Labute approximate surface area is 100 Å². The maximum absolute atomic E-state index is 5.99. The molecule has 0 amide bonds. The Bertz CT molecular complexity index is 682. The van der Waals surface area contributed by atoms with Crippen LogP contribution in [0.3, 0.4) is 0 Å². The number of hydrogen-bond donors (Lipinski definition) is 1. The largest absolute Gasteiger partial charge is 0.459 e. The summed E-state index contributed by atoms with van der Waals surface area (Å²) in [6, 6.07) is 12.6. The number of fused-ring (bicyclic) bond motifs is 3. The molecule has 0 aliphatic rings. The van der Waals surface area contributed by atoms with Crippen molar-refractivity contribution in [2.45, 2.75) is 13.5 Å². The molecule has 0 radical (unpaired) electrons.